The average Bonchev–Trinajstić information content (AvgIpc) is 2.78. The fourth-order valence-corrected chi connectivity index (χ4v) is 4.46. The van der Waals surface area contributed by atoms with Gasteiger partial charge in [0.1, 0.15) is 11.6 Å². The van der Waals surface area contributed by atoms with Crippen LogP contribution in [0.2, 0.25) is 0 Å². The van der Waals surface area contributed by atoms with Crippen molar-refractivity contribution in [3.8, 4) is 5.75 Å². The van der Waals surface area contributed by atoms with Gasteiger partial charge >= 0.3 is 5.97 Å². The number of rotatable bonds is 6. The minimum absolute atomic E-state index is 0.102. The van der Waals surface area contributed by atoms with Crippen LogP contribution in [0.25, 0.3) is 5.70 Å². The smallest absolute Gasteiger partial charge is 0.338 e. The number of phenols is 1. The number of likely N-dealkylation sites (tertiary alicyclic amines) is 1. The summed E-state index contributed by atoms with van der Waals surface area (Å²) in [7, 11) is 0. The van der Waals surface area contributed by atoms with Gasteiger partial charge < -0.3 is 31.9 Å². The molecule has 1 saturated heterocycles. The number of carbonyl (C=O) groups excluding carboxylic acids is 1. The van der Waals surface area contributed by atoms with Crippen LogP contribution in [0.4, 0.5) is 0 Å². The summed E-state index contributed by atoms with van der Waals surface area (Å²) < 4.78 is 5.19. The number of esters is 1. The minimum atomic E-state index is -0.291. The van der Waals surface area contributed by atoms with E-state index in [9.17, 15) is 9.90 Å². The molecule has 2 aromatic rings. The predicted octanol–water partition coefficient (Wildman–Crippen LogP) is 3.45. The van der Waals surface area contributed by atoms with Crippen LogP contribution in [0.1, 0.15) is 58.3 Å². The molecule has 0 saturated carbocycles. The Morgan fingerprint density at radius 2 is 1.88 bits per heavy atom. The van der Waals surface area contributed by atoms with Gasteiger partial charge in [-0.25, -0.2) is 4.79 Å². The number of benzene rings is 2. The standard InChI is InChI=1S/C26H34N4O3/c1-4-33-26(32)21-13-16(2)20(12-17(21)3)18-8-7-11-30(15-18)23(25(28)29)14-22(27)19-9-5-6-10-24(19)31/h5-6,9-10,12-14,18,31H,4,7-8,11,15,27-29H2,1-3H3/b22-14-. The molecule has 0 amide bonds. The molecule has 3 rings (SSSR count). The third kappa shape index (κ3) is 5.42. The molecule has 0 spiro atoms. The fourth-order valence-electron chi connectivity index (χ4n) is 4.46. The lowest BCUT2D eigenvalue weighted by molar-refractivity contribution is 0.0525. The van der Waals surface area contributed by atoms with Crippen molar-refractivity contribution >= 4 is 11.7 Å². The zero-order chi connectivity index (χ0) is 24.1. The highest BCUT2D eigenvalue weighted by Crippen LogP contribution is 2.33. The van der Waals surface area contributed by atoms with Gasteiger partial charge in [0.05, 0.1) is 17.9 Å². The summed E-state index contributed by atoms with van der Waals surface area (Å²) >= 11 is 0. The van der Waals surface area contributed by atoms with Crippen molar-refractivity contribution in [3.05, 3.63) is 81.8 Å². The summed E-state index contributed by atoms with van der Waals surface area (Å²) in [6.45, 7) is 7.64. The lowest BCUT2D eigenvalue weighted by Gasteiger charge is -2.36. The average molecular weight is 451 g/mol. The molecular formula is C26H34N4O3. The number of ether oxygens (including phenoxy) is 1. The van der Waals surface area contributed by atoms with E-state index in [1.54, 1.807) is 31.2 Å². The van der Waals surface area contributed by atoms with E-state index in [2.05, 4.69) is 11.0 Å². The van der Waals surface area contributed by atoms with E-state index >= 15 is 0 Å². The van der Waals surface area contributed by atoms with Crippen LogP contribution in [-0.4, -0.2) is 35.7 Å². The maximum Gasteiger partial charge on any atom is 0.338 e. The number of para-hydroxylation sites is 1. The van der Waals surface area contributed by atoms with E-state index < -0.39 is 0 Å². The zero-order valence-corrected chi connectivity index (χ0v) is 19.6. The molecule has 1 aliphatic heterocycles. The first-order valence-corrected chi connectivity index (χ1v) is 11.3. The lowest BCUT2D eigenvalue weighted by Crippen LogP contribution is -2.36. The SMILES string of the molecule is CCOC(=O)c1cc(C)c(C2CCCN(C(/C=C(\N)c3ccccc3O)=C(N)N)C2)cc1C. The Hall–Kier alpha value is -3.61. The maximum absolute atomic E-state index is 12.3. The number of nitrogens with zero attached hydrogens (tertiary/aromatic N) is 1. The molecular weight excluding hydrogens is 416 g/mol. The minimum Gasteiger partial charge on any atom is -0.507 e. The molecule has 1 heterocycles. The van der Waals surface area contributed by atoms with Crippen LogP contribution in [0.3, 0.4) is 0 Å². The van der Waals surface area contributed by atoms with Crippen molar-refractivity contribution in [2.24, 2.45) is 17.2 Å². The number of hydrogen-bond acceptors (Lipinski definition) is 7. The number of allylic oxidation sites excluding steroid dienone is 1. The first kappa shape index (κ1) is 24.0. The topological polar surface area (TPSA) is 128 Å². The number of nitrogens with two attached hydrogens (primary N) is 3. The summed E-state index contributed by atoms with van der Waals surface area (Å²) in [5, 5.41) is 10.1. The van der Waals surface area contributed by atoms with Crippen molar-refractivity contribution in [1.29, 1.82) is 0 Å². The van der Waals surface area contributed by atoms with Gasteiger partial charge in [0.25, 0.3) is 0 Å². The van der Waals surface area contributed by atoms with Crippen LogP contribution < -0.4 is 17.2 Å². The van der Waals surface area contributed by atoms with Crippen LogP contribution in [0, 0.1) is 13.8 Å². The largest absolute Gasteiger partial charge is 0.507 e. The number of piperidine rings is 1. The van der Waals surface area contributed by atoms with Crippen molar-refractivity contribution in [2.75, 3.05) is 19.7 Å². The summed E-state index contributed by atoms with van der Waals surface area (Å²) in [4.78, 5) is 14.4. The molecule has 7 N–H and O–H groups in total. The van der Waals surface area contributed by atoms with Crippen LogP contribution in [0.15, 0.2) is 54.0 Å². The van der Waals surface area contributed by atoms with Gasteiger partial charge in [-0.05, 0) is 74.6 Å². The summed E-state index contributed by atoms with van der Waals surface area (Å²) in [6.07, 6.45) is 3.71. The molecule has 1 aliphatic rings. The highest BCUT2D eigenvalue weighted by Gasteiger charge is 2.26. The Morgan fingerprint density at radius 1 is 1.15 bits per heavy atom. The third-order valence-electron chi connectivity index (χ3n) is 6.11. The second-order valence-electron chi connectivity index (χ2n) is 8.49. The number of carbonyl (C=O) groups is 1. The number of hydrogen-bond donors (Lipinski definition) is 4. The van der Waals surface area contributed by atoms with Gasteiger partial charge in [0.15, 0.2) is 0 Å². The van der Waals surface area contributed by atoms with Crippen molar-refractivity contribution in [2.45, 2.75) is 39.5 Å². The molecule has 0 aromatic heterocycles. The molecule has 7 nitrogen and oxygen atoms in total. The molecule has 0 radical (unpaired) electrons. The van der Waals surface area contributed by atoms with Gasteiger partial charge in [0, 0.05) is 30.3 Å². The zero-order valence-electron chi connectivity index (χ0n) is 19.6. The summed E-state index contributed by atoms with van der Waals surface area (Å²) in [5.41, 5.74) is 23.8. The van der Waals surface area contributed by atoms with Gasteiger partial charge in [-0.15, -0.1) is 0 Å². The predicted molar refractivity (Wildman–Crippen MR) is 131 cm³/mol. The molecule has 176 valence electrons. The Kier molecular flexibility index (Phi) is 7.53. The van der Waals surface area contributed by atoms with E-state index in [-0.39, 0.29) is 23.5 Å². The number of aryl methyl sites for hydroxylation is 2. The van der Waals surface area contributed by atoms with E-state index in [0.717, 1.165) is 37.1 Å². The quantitative estimate of drug-likeness (QED) is 0.392. The van der Waals surface area contributed by atoms with E-state index in [4.69, 9.17) is 21.9 Å². The van der Waals surface area contributed by atoms with Gasteiger partial charge in [-0.2, -0.15) is 0 Å². The van der Waals surface area contributed by atoms with Crippen molar-refractivity contribution in [1.82, 2.24) is 4.90 Å². The highest BCUT2D eigenvalue weighted by molar-refractivity contribution is 5.91. The molecule has 1 unspecified atom stereocenters. The van der Waals surface area contributed by atoms with Crippen molar-refractivity contribution in [3.63, 3.8) is 0 Å². The number of phenolic OH excluding ortho intramolecular Hbond substituents is 1. The molecule has 0 aliphatic carbocycles. The summed E-state index contributed by atoms with van der Waals surface area (Å²) in [5.74, 6) is 0.244. The van der Waals surface area contributed by atoms with Gasteiger partial charge in [-0.3, -0.25) is 0 Å². The molecule has 2 aromatic carbocycles. The molecule has 1 fully saturated rings. The number of aromatic hydroxyl groups is 1. The fraction of sp³-hybridized carbons (Fsp3) is 0.346. The van der Waals surface area contributed by atoms with Crippen LogP contribution in [-0.2, 0) is 4.74 Å². The van der Waals surface area contributed by atoms with E-state index in [1.807, 2.05) is 26.0 Å². The van der Waals surface area contributed by atoms with Crippen LogP contribution >= 0.6 is 0 Å². The maximum atomic E-state index is 12.3. The molecule has 1 atom stereocenters. The van der Waals surface area contributed by atoms with Gasteiger partial charge in [-0.1, -0.05) is 18.2 Å². The Labute approximate surface area is 195 Å². The molecule has 7 heteroatoms. The lowest BCUT2D eigenvalue weighted by atomic mass is 9.85. The molecule has 0 bridgehead atoms. The molecule has 33 heavy (non-hydrogen) atoms. The first-order chi connectivity index (χ1) is 15.7. The second kappa shape index (κ2) is 10.3. The normalized spacial score (nSPS) is 16.4. The van der Waals surface area contributed by atoms with E-state index in [0.29, 0.717) is 29.1 Å². The third-order valence-corrected chi connectivity index (χ3v) is 6.11. The van der Waals surface area contributed by atoms with Crippen LogP contribution in [0.5, 0.6) is 5.75 Å². The van der Waals surface area contributed by atoms with Crippen molar-refractivity contribution < 1.29 is 14.6 Å². The van der Waals surface area contributed by atoms with E-state index in [1.165, 1.54) is 5.56 Å². The summed E-state index contributed by atoms with van der Waals surface area (Å²) in [6, 6.07) is 10.9. The Bertz CT molecular complexity index is 1090. The second-order valence-corrected chi connectivity index (χ2v) is 8.49. The Balaban J connectivity index is 1.88. The van der Waals surface area contributed by atoms with Gasteiger partial charge in [0.2, 0.25) is 0 Å². The highest BCUT2D eigenvalue weighted by atomic mass is 16.5. The Morgan fingerprint density at radius 3 is 2.55 bits per heavy atom. The monoisotopic (exact) mass is 450 g/mol. The first-order valence-electron chi connectivity index (χ1n) is 11.3.